The maximum absolute atomic E-state index is 12.8. The molecular weight excluding hydrogens is 833 g/mol. The molecule has 332 valence electrons. The van der Waals surface area contributed by atoms with E-state index in [1.54, 1.807) is 26.0 Å². The quantitative estimate of drug-likeness (QED) is 0.144. The number of amides is 1. The van der Waals surface area contributed by atoms with Gasteiger partial charge in [0.1, 0.15) is 22.6 Å². The summed E-state index contributed by atoms with van der Waals surface area (Å²) in [5.74, 6) is -1.22. The van der Waals surface area contributed by atoms with Crippen LogP contribution >= 0.6 is 0 Å². The van der Waals surface area contributed by atoms with Crippen molar-refractivity contribution in [3.8, 4) is 11.5 Å². The van der Waals surface area contributed by atoms with E-state index in [0.29, 0.717) is 29.6 Å². The minimum atomic E-state index is -3.64. The van der Waals surface area contributed by atoms with Gasteiger partial charge in [-0.1, -0.05) is 0 Å². The summed E-state index contributed by atoms with van der Waals surface area (Å²) < 4.78 is 49.0. The van der Waals surface area contributed by atoms with Gasteiger partial charge in [0.2, 0.25) is 20.0 Å². The molecule has 0 aliphatic heterocycles. The van der Waals surface area contributed by atoms with E-state index in [2.05, 4.69) is 25.3 Å². The van der Waals surface area contributed by atoms with E-state index in [4.69, 9.17) is 10.8 Å². The highest BCUT2D eigenvalue weighted by atomic mass is 32.2. The van der Waals surface area contributed by atoms with Crippen LogP contribution in [0.15, 0.2) is 36.7 Å². The van der Waals surface area contributed by atoms with Crippen LogP contribution in [-0.4, -0.2) is 115 Å². The first-order valence-corrected chi connectivity index (χ1v) is 23.3. The van der Waals surface area contributed by atoms with Crippen LogP contribution in [0, 0.1) is 23.7 Å². The maximum Gasteiger partial charge on any atom is 0.358 e. The van der Waals surface area contributed by atoms with Crippen molar-refractivity contribution < 1.29 is 51.3 Å². The molecule has 1 amide bonds. The number of nitrogens with zero attached hydrogens (tertiary/aromatic N) is 6. The number of aromatic nitrogens is 4. The summed E-state index contributed by atoms with van der Waals surface area (Å²) in [5, 5.41) is 32.8. The highest BCUT2D eigenvalue weighted by molar-refractivity contribution is 7.92. The predicted octanol–water partition coefficient (Wildman–Crippen LogP) is 3.63. The summed E-state index contributed by atoms with van der Waals surface area (Å²) in [4.78, 5) is 62.2. The number of Topliss-reactive ketones (excluding diaryl/α,β-unsaturated/α-hetero) is 2. The first-order chi connectivity index (χ1) is 28.6. The van der Waals surface area contributed by atoms with Gasteiger partial charge in [-0.05, 0) is 108 Å². The van der Waals surface area contributed by atoms with Gasteiger partial charge >= 0.3 is 5.97 Å². The molecule has 0 spiro atoms. The van der Waals surface area contributed by atoms with E-state index in [0.717, 1.165) is 79.0 Å². The van der Waals surface area contributed by atoms with E-state index < -0.39 is 49.1 Å². The third-order valence-corrected chi connectivity index (χ3v) is 13.5. The monoisotopic (exact) mass is 886 g/mol. The van der Waals surface area contributed by atoms with E-state index >= 15 is 0 Å². The van der Waals surface area contributed by atoms with Crippen molar-refractivity contribution in [3.05, 3.63) is 48.0 Å². The number of nitrogens with two attached hydrogens (primary N) is 1. The molecule has 0 bridgehead atoms. The Hall–Kier alpha value is -5.54. The molecule has 0 saturated heterocycles. The summed E-state index contributed by atoms with van der Waals surface area (Å²) in [6.07, 6.45) is 12.5. The molecule has 6 N–H and O–H groups in total. The molecule has 61 heavy (non-hydrogen) atoms. The van der Waals surface area contributed by atoms with Gasteiger partial charge in [0, 0.05) is 55.6 Å². The molecule has 2 fully saturated rings. The molecule has 0 atom stereocenters. The zero-order valence-electron chi connectivity index (χ0n) is 35.0. The third-order valence-electron chi connectivity index (χ3n) is 11.2. The summed E-state index contributed by atoms with van der Waals surface area (Å²) in [6, 6.07) is 6.21. The van der Waals surface area contributed by atoms with Gasteiger partial charge in [0.25, 0.3) is 5.91 Å². The molecule has 2 aliphatic carbocycles. The van der Waals surface area contributed by atoms with Crippen LogP contribution < -0.4 is 19.7 Å². The summed E-state index contributed by atoms with van der Waals surface area (Å²) >= 11 is 0. The number of fused-ring (bicyclic) bond motifs is 2. The molecule has 0 unspecified atom stereocenters. The lowest BCUT2D eigenvalue weighted by atomic mass is 9.80. The number of rotatable bonds is 11. The van der Waals surface area contributed by atoms with E-state index in [1.165, 1.54) is 38.6 Å². The summed E-state index contributed by atoms with van der Waals surface area (Å²) in [7, 11) is -4.70. The first-order valence-electron chi connectivity index (χ1n) is 19.6. The molecule has 4 aromatic heterocycles. The Morgan fingerprint density at radius 1 is 0.705 bits per heavy atom. The fourth-order valence-corrected chi connectivity index (χ4v) is 8.12. The second-order valence-electron chi connectivity index (χ2n) is 15.4. The number of hydrogen-bond acceptors (Lipinski definition) is 15. The van der Waals surface area contributed by atoms with Crippen molar-refractivity contribution in [2.24, 2.45) is 29.4 Å². The molecular formula is C40H54N8O11S2. The maximum atomic E-state index is 12.8. The van der Waals surface area contributed by atoms with Gasteiger partial charge in [-0.25, -0.2) is 31.6 Å². The highest BCUT2D eigenvalue weighted by Gasteiger charge is 2.28. The highest BCUT2D eigenvalue weighted by Crippen LogP contribution is 2.35. The van der Waals surface area contributed by atoms with Gasteiger partial charge < -0.3 is 26.4 Å². The van der Waals surface area contributed by atoms with Gasteiger partial charge in [-0.2, -0.15) is 0 Å². The van der Waals surface area contributed by atoms with Gasteiger partial charge in [0.15, 0.2) is 34.5 Å². The molecule has 0 aromatic carbocycles. The number of carbonyl (C=O) groups excluding carboxylic acids is 3. The zero-order valence-corrected chi connectivity index (χ0v) is 36.7. The van der Waals surface area contributed by atoms with Crippen LogP contribution in [0.2, 0.25) is 0 Å². The molecule has 4 aromatic rings. The third kappa shape index (κ3) is 12.1. The number of sulfonamides is 2. The predicted molar refractivity (Wildman–Crippen MR) is 230 cm³/mol. The average Bonchev–Trinajstić information content (AvgIpc) is 3.22. The number of carboxylic acid groups (broad SMARTS) is 1. The lowest BCUT2D eigenvalue weighted by Crippen LogP contribution is -2.33. The summed E-state index contributed by atoms with van der Waals surface area (Å²) in [5.41, 5.74) is 4.69. The molecule has 6 rings (SSSR count). The van der Waals surface area contributed by atoms with Crippen molar-refractivity contribution in [3.63, 3.8) is 0 Å². The number of aromatic carboxylic acids is 1. The molecule has 19 nitrogen and oxygen atoms in total. The van der Waals surface area contributed by atoms with Gasteiger partial charge in [-0.3, -0.25) is 33.0 Å². The number of aromatic hydroxyl groups is 2. The number of pyridine rings is 4. The molecule has 0 radical (unpaired) electrons. The number of ketones is 2. The number of carbonyl (C=O) groups is 4. The number of nitrogens with one attached hydrogen (secondary N) is 1. The average molecular weight is 887 g/mol. The zero-order chi connectivity index (χ0) is 45.4. The van der Waals surface area contributed by atoms with Crippen molar-refractivity contribution >= 4 is 76.9 Å². The Kier molecular flexibility index (Phi) is 16.1. The van der Waals surface area contributed by atoms with E-state index in [1.807, 2.05) is 0 Å². The Balaban J connectivity index is 0.000000226. The Labute approximate surface area is 354 Å². The van der Waals surface area contributed by atoms with Crippen LogP contribution in [0.1, 0.15) is 86.2 Å². The normalized spacial score (nSPS) is 19.1. The standard InChI is InChI=1S/C20H26N4O5S.C11H11N3O5S.C9H17NO/c1-12(25)14-8-6-13(7-9-14)11-22-20(27)17-18(26)16-15(5-4-10-21-16)19(23-17)24(2)30(3,28)29;1-14(20(2,18)19)10-6-4-3-5-12-7(6)9(15)8(13-10)11(16)17;1-7(11)9-4-2-8(6-10)3-5-9/h4-5,10,13-14,26H,6-9,11H2,1-3H3,(H,22,27);3-5,15H,1-2H3,(H,16,17);8-9H,2-6,10H2,1H3. The number of anilines is 2. The van der Waals surface area contributed by atoms with Gasteiger partial charge in [0.05, 0.1) is 12.5 Å². The minimum Gasteiger partial charge on any atom is -0.504 e. The topological polar surface area (TPSA) is 293 Å². The fraction of sp³-hybridized carbons (Fsp3) is 0.500. The smallest absolute Gasteiger partial charge is 0.358 e. The molecule has 2 saturated carbocycles. The molecule has 4 heterocycles. The lowest BCUT2D eigenvalue weighted by molar-refractivity contribution is -0.122. The van der Waals surface area contributed by atoms with Crippen molar-refractivity contribution in [2.75, 3.05) is 48.3 Å². The van der Waals surface area contributed by atoms with Crippen molar-refractivity contribution in [2.45, 2.75) is 65.2 Å². The number of carboxylic acids is 1. The fourth-order valence-electron chi connectivity index (χ4n) is 7.21. The van der Waals surface area contributed by atoms with Crippen LogP contribution in [0.3, 0.4) is 0 Å². The van der Waals surface area contributed by atoms with Crippen LogP contribution in [0.4, 0.5) is 11.6 Å². The van der Waals surface area contributed by atoms with Crippen LogP contribution in [0.25, 0.3) is 21.8 Å². The Bertz CT molecular complexity index is 2490. The molecule has 21 heteroatoms. The summed E-state index contributed by atoms with van der Waals surface area (Å²) in [6.45, 7) is 4.50. The van der Waals surface area contributed by atoms with Gasteiger partial charge in [-0.15, -0.1) is 0 Å². The van der Waals surface area contributed by atoms with E-state index in [-0.39, 0.29) is 51.4 Å². The Morgan fingerprint density at radius 2 is 1.10 bits per heavy atom. The second kappa shape index (κ2) is 20.3. The van der Waals surface area contributed by atoms with Crippen LogP contribution in [-0.2, 0) is 29.6 Å². The first kappa shape index (κ1) is 48.1. The lowest BCUT2D eigenvalue weighted by Gasteiger charge is -2.27. The molecule has 2 aliphatic rings. The van der Waals surface area contributed by atoms with Crippen molar-refractivity contribution in [1.29, 1.82) is 0 Å². The van der Waals surface area contributed by atoms with E-state index in [9.17, 15) is 46.2 Å². The SMILES string of the molecule is CC(=O)C1CCC(CN)CC1.CC(=O)C1CCC(CNC(=O)c2nc(N(C)S(C)(=O)=O)c3cccnc3c2O)CC1.CN(c1nc(C(=O)O)c(O)c2ncccc12)S(C)(=O)=O. The minimum absolute atomic E-state index is 0.0190. The Morgan fingerprint density at radius 3 is 1.48 bits per heavy atom. The second-order valence-corrected chi connectivity index (χ2v) is 19.5. The largest absolute Gasteiger partial charge is 0.504 e. The number of hydrogen-bond donors (Lipinski definition) is 5. The van der Waals surface area contributed by atoms with Crippen LogP contribution in [0.5, 0.6) is 11.5 Å². The van der Waals surface area contributed by atoms with Crippen molar-refractivity contribution in [1.82, 2.24) is 25.3 Å².